The fourth-order valence-corrected chi connectivity index (χ4v) is 4.87. The Kier molecular flexibility index (Phi) is 4.48. The van der Waals surface area contributed by atoms with Crippen molar-refractivity contribution in [2.24, 2.45) is 0 Å². The summed E-state index contributed by atoms with van der Waals surface area (Å²) in [4.78, 5) is 6.28. The number of fused-ring (bicyclic) bond motifs is 1. The van der Waals surface area contributed by atoms with E-state index in [0.29, 0.717) is 17.1 Å². The third-order valence-electron chi connectivity index (χ3n) is 4.67. The molecule has 114 valence electrons. The Labute approximate surface area is 129 Å². The summed E-state index contributed by atoms with van der Waals surface area (Å²) in [6.07, 6.45) is 3.72. The summed E-state index contributed by atoms with van der Waals surface area (Å²) in [7, 11) is -1.64. The lowest BCUT2D eigenvalue weighted by Crippen LogP contribution is -2.45. The molecule has 4 heteroatoms. The maximum atomic E-state index is 6.59. The van der Waals surface area contributed by atoms with Gasteiger partial charge in [-0.25, -0.2) is 4.98 Å². The fourth-order valence-electron chi connectivity index (χ4n) is 2.31. The Morgan fingerprint density at radius 1 is 1.30 bits per heavy atom. The number of hydrogen-bond acceptors (Lipinski definition) is 3. The minimum atomic E-state index is -1.64. The second kappa shape index (κ2) is 5.54. The van der Waals surface area contributed by atoms with Gasteiger partial charge in [-0.05, 0) is 31.0 Å². The van der Waals surface area contributed by atoms with Gasteiger partial charge in [-0.1, -0.05) is 34.6 Å². The number of aromatic nitrogens is 1. The maximum absolute atomic E-state index is 6.59. The molecule has 2 rings (SSSR count). The molecule has 1 aromatic heterocycles. The van der Waals surface area contributed by atoms with Crippen LogP contribution in [0.3, 0.4) is 0 Å². The van der Waals surface area contributed by atoms with Crippen molar-refractivity contribution < 1.29 is 4.43 Å². The van der Waals surface area contributed by atoms with Crippen LogP contribution in [0, 0.1) is 0 Å². The number of rotatable bonds is 3. The number of nitrogens with zero attached hydrogens (tertiary/aromatic N) is 1. The van der Waals surface area contributed by atoms with Gasteiger partial charge in [-0.15, -0.1) is 11.3 Å². The zero-order valence-corrected chi connectivity index (χ0v) is 15.9. The number of thiazole rings is 1. The molecule has 0 N–H and O–H groups in total. The lowest BCUT2D eigenvalue weighted by atomic mass is 10.0. The van der Waals surface area contributed by atoms with Crippen molar-refractivity contribution in [3.05, 3.63) is 15.6 Å². The van der Waals surface area contributed by atoms with E-state index in [1.54, 1.807) is 0 Å². The van der Waals surface area contributed by atoms with Crippen molar-refractivity contribution >= 4 is 19.7 Å². The van der Waals surface area contributed by atoms with E-state index in [0.717, 1.165) is 19.3 Å². The first-order valence-corrected chi connectivity index (χ1v) is 11.5. The van der Waals surface area contributed by atoms with Crippen molar-refractivity contribution in [1.29, 1.82) is 0 Å². The summed E-state index contributed by atoms with van der Waals surface area (Å²) in [5, 5.41) is 1.59. The largest absolute Gasteiger partial charge is 0.414 e. The van der Waals surface area contributed by atoms with Crippen LogP contribution in [-0.4, -0.2) is 19.4 Å². The summed E-state index contributed by atoms with van der Waals surface area (Å²) in [6, 6.07) is 0. The number of aryl methyl sites for hydroxylation is 1. The van der Waals surface area contributed by atoms with Crippen LogP contribution < -0.4 is 0 Å². The van der Waals surface area contributed by atoms with Crippen LogP contribution in [0.15, 0.2) is 0 Å². The Balaban J connectivity index is 2.08. The van der Waals surface area contributed by atoms with Crippen LogP contribution in [0.5, 0.6) is 0 Å². The molecule has 0 bridgehead atoms. The average Bonchev–Trinajstić information content (AvgIpc) is 2.69. The lowest BCUT2D eigenvalue weighted by molar-refractivity contribution is 0.165. The van der Waals surface area contributed by atoms with Gasteiger partial charge >= 0.3 is 0 Å². The van der Waals surface area contributed by atoms with Crippen LogP contribution in [-0.2, 0) is 17.3 Å². The third-order valence-corrected chi connectivity index (χ3v) is 10.6. The molecule has 0 aromatic carbocycles. The topological polar surface area (TPSA) is 22.1 Å². The summed E-state index contributed by atoms with van der Waals surface area (Å²) in [5.74, 6) is 0.547. The van der Waals surface area contributed by atoms with Crippen molar-refractivity contribution in [3.8, 4) is 0 Å². The third kappa shape index (κ3) is 3.34. The van der Waals surface area contributed by atoms with Crippen LogP contribution in [0.25, 0.3) is 0 Å². The molecule has 0 amide bonds. The predicted molar refractivity (Wildman–Crippen MR) is 90.3 cm³/mol. The molecule has 0 spiro atoms. The van der Waals surface area contributed by atoms with E-state index in [1.807, 2.05) is 11.3 Å². The van der Waals surface area contributed by atoms with Gasteiger partial charge in [-0.3, -0.25) is 0 Å². The average molecular weight is 312 g/mol. The predicted octanol–water partition coefficient (Wildman–Crippen LogP) is 5.15. The molecule has 2 nitrogen and oxygen atoms in total. The summed E-state index contributed by atoms with van der Waals surface area (Å²) in [6.45, 7) is 16.1. The van der Waals surface area contributed by atoms with E-state index in [9.17, 15) is 0 Å². The Bertz CT molecular complexity index is 473. The van der Waals surface area contributed by atoms with E-state index in [1.165, 1.54) is 15.6 Å². The molecule has 0 fully saturated rings. The molecule has 1 aliphatic rings. The molecule has 1 heterocycles. The highest BCUT2D eigenvalue weighted by atomic mass is 32.1. The molecule has 20 heavy (non-hydrogen) atoms. The Hall–Kier alpha value is -0.193. The number of hydrogen-bond donors (Lipinski definition) is 0. The van der Waals surface area contributed by atoms with E-state index in [2.05, 4.69) is 47.7 Å². The van der Waals surface area contributed by atoms with Gasteiger partial charge in [-0.2, -0.15) is 0 Å². The standard InChI is InChI=1S/C16H29NOSSi/c1-11(2)15-17-13-9-8-12(10-14(13)19-15)18-20(6,7)16(3,4)5/h11-12H,8-10H2,1-7H3. The van der Waals surface area contributed by atoms with Gasteiger partial charge in [0.1, 0.15) is 0 Å². The Morgan fingerprint density at radius 2 is 1.95 bits per heavy atom. The quantitative estimate of drug-likeness (QED) is 0.721. The molecule has 0 radical (unpaired) electrons. The van der Waals surface area contributed by atoms with E-state index in [-0.39, 0.29) is 0 Å². The van der Waals surface area contributed by atoms with Crippen LogP contribution in [0.2, 0.25) is 18.1 Å². The van der Waals surface area contributed by atoms with Gasteiger partial charge in [0.2, 0.25) is 0 Å². The van der Waals surface area contributed by atoms with E-state index < -0.39 is 8.32 Å². The van der Waals surface area contributed by atoms with Crippen LogP contribution in [0.4, 0.5) is 0 Å². The van der Waals surface area contributed by atoms with Crippen molar-refractivity contribution in [1.82, 2.24) is 4.98 Å². The SMILES string of the molecule is CC(C)c1nc2c(s1)CC(O[Si](C)(C)C(C)(C)C)CC2. The maximum Gasteiger partial charge on any atom is 0.192 e. The van der Waals surface area contributed by atoms with Gasteiger partial charge in [0, 0.05) is 17.2 Å². The second-order valence-corrected chi connectivity index (χ2v) is 13.7. The monoisotopic (exact) mass is 311 g/mol. The van der Waals surface area contributed by atoms with Gasteiger partial charge in [0.15, 0.2) is 8.32 Å². The first-order chi connectivity index (χ1) is 9.10. The summed E-state index contributed by atoms with van der Waals surface area (Å²) < 4.78 is 6.59. The van der Waals surface area contributed by atoms with Crippen LogP contribution >= 0.6 is 11.3 Å². The normalized spacial score (nSPS) is 20.3. The Morgan fingerprint density at radius 3 is 2.50 bits per heavy atom. The van der Waals surface area contributed by atoms with Crippen LogP contribution in [0.1, 0.15) is 62.5 Å². The molecule has 0 aliphatic heterocycles. The minimum absolute atomic E-state index is 0.296. The molecule has 0 saturated carbocycles. The molecule has 0 saturated heterocycles. The molecular formula is C16H29NOSSi. The highest BCUT2D eigenvalue weighted by Crippen LogP contribution is 2.39. The van der Waals surface area contributed by atoms with Crippen molar-refractivity contribution in [2.45, 2.75) is 84.0 Å². The molecular weight excluding hydrogens is 282 g/mol. The smallest absolute Gasteiger partial charge is 0.192 e. The van der Waals surface area contributed by atoms with E-state index >= 15 is 0 Å². The molecule has 1 atom stereocenters. The van der Waals surface area contributed by atoms with Crippen molar-refractivity contribution in [2.75, 3.05) is 0 Å². The summed E-state index contributed by atoms with van der Waals surface area (Å²) >= 11 is 1.90. The van der Waals surface area contributed by atoms with Gasteiger partial charge in [0.25, 0.3) is 0 Å². The molecule has 1 aromatic rings. The molecule has 1 unspecified atom stereocenters. The van der Waals surface area contributed by atoms with E-state index in [4.69, 9.17) is 9.41 Å². The highest BCUT2D eigenvalue weighted by Gasteiger charge is 2.40. The highest BCUT2D eigenvalue weighted by molar-refractivity contribution is 7.11. The first kappa shape index (κ1) is 16.2. The minimum Gasteiger partial charge on any atom is -0.414 e. The zero-order chi connectivity index (χ0) is 15.1. The zero-order valence-electron chi connectivity index (χ0n) is 14.0. The molecule has 1 aliphatic carbocycles. The lowest BCUT2D eigenvalue weighted by Gasteiger charge is -2.40. The second-order valence-electron chi connectivity index (χ2n) is 7.82. The fraction of sp³-hybridized carbons (Fsp3) is 0.812. The first-order valence-electron chi connectivity index (χ1n) is 7.76. The van der Waals surface area contributed by atoms with Gasteiger partial charge < -0.3 is 4.43 Å². The summed E-state index contributed by atoms with van der Waals surface area (Å²) in [5.41, 5.74) is 1.34. The van der Waals surface area contributed by atoms with Gasteiger partial charge in [0.05, 0.1) is 16.8 Å². The van der Waals surface area contributed by atoms with Crippen molar-refractivity contribution in [3.63, 3.8) is 0 Å².